The molecule has 1 aliphatic rings. The van der Waals surface area contributed by atoms with Crippen molar-refractivity contribution >= 4 is 12.3 Å². The van der Waals surface area contributed by atoms with Crippen LogP contribution in [0.1, 0.15) is 52.6 Å². The van der Waals surface area contributed by atoms with E-state index in [0.717, 1.165) is 0 Å². The van der Waals surface area contributed by atoms with E-state index >= 15 is 0 Å². The van der Waals surface area contributed by atoms with Gasteiger partial charge in [0.25, 0.3) is 0 Å². The maximum Gasteiger partial charge on any atom is 0.344 e. The molecule has 0 atom stereocenters. The van der Waals surface area contributed by atoms with E-state index in [4.69, 9.17) is 9.47 Å². The molecule has 1 heterocycles. The number of rotatable bonds is 2. The summed E-state index contributed by atoms with van der Waals surface area (Å²) in [6.07, 6.45) is 0.663. The van der Waals surface area contributed by atoms with Crippen LogP contribution in [0, 0.1) is 13.8 Å². The summed E-state index contributed by atoms with van der Waals surface area (Å²) in [6, 6.07) is 0. The van der Waals surface area contributed by atoms with Crippen LogP contribution in [0.15, 0.2) is 0 Å². The molecule has 96 valence electrons. The number of fused-ring (bicyclic) bond motifs is 2. The molecule has 0 aliphatic carbocycles. The molecular formula is C14H16O4. The predicted molar refractivity (Wildman–Crippen MR) is 66.6 cm³/mol. The van der Waals surface area contributed by atoms with Crippen LogP contribution < -0.4 is 9.47 Å². The van der Waals surface area contributed by atoms with E-state index in [-0.39, 0.29) is 5.60 Å². The average Bonchev–Trinajstić information content (AvgIpc) is 2.55. The number of ether oxygens (including phenoxy) is 2. The van der Waals surface area contributed by atoms with Gasteiger partial charge in [-0.05, 0) is 34.6 Å². The molecule has 0 saturated heterocycles. The molecule has 0 N–H and O–H groups in total. The number of hydrogen-bond donors (Lipinski definition) is 0. The highest BCUT2D eigenvalue weighted by molar-refractivity contribution is 6.08. The first kappa shape index (κ1) is 12.6. The van der Waals surface area contributed by atoms with Crippen LogP contribution >= 0.6 is 0 Å². The topological polar surface area (TPSA) is 52.6 Å². The number of carbonyl (C=O) groups excluding carboxylic acids is 2. The molecule has 0 saturated carbocycles. The molecule has 0 radical (unpaired) electrons. The van der Waals surface area contributed by atoms with E-state index in [0.29, 0.717) is 40.0 Å². The van der Waals surface area contributed by atoms with Crippen molar-refractivity contribution in [3.05, 3.63) is 22.3 Å². The summed E-state index contributed by atoms with van der Waals surface area (Å²) in [7, 11) is 0. The fourth-order valence-corrected chi connectivity index (χ4v) is 2.13. The maximum atomic E-state index is 11.7. The van der Waals surface area contributed by atoms with Gasteiger partial charge in [0.1, 0.15) is 17.1 Å². The summed E-state index contributed by atoms with van der Waals surface area (Å²) in [5.41, 5.74) is 1.64. The third-order valence-electron chi connectivity index (χ3n) is 2.84. The molecule has 0 aromatic heterocycles. The molecule has 2 rings (SSSR count). The van der Waals surface area contributed by atoms with Crippen molar-refractivity contribution in [2.24, 2.45) is 0 Å². The monoisotopic (exact) mass is 248 g/mol. The van der Waals surface area contributed by atoms with Crippen LogP contribution in [-0.2, 0) is 0 Å². The molecule has 18 heavy (non-hydrogen) atoms. The Balaban J connectivity index is 2.69. The van der Waals surface area contributed by atoms with Gasteiger partial charge in [-0.25, -0.2) is 4.79 Å². The van der Waals surface area contributed by atoms with E-state index < -0.39 is 5.97 Å². The zero-order chi connectivity index (χ0) is 13.7. The van der Waals surface area contributed by atoms with E-state index in [1.165, 1.54) is 0 Å². The normalized spacial score (nSPS) is 13.5. The number of hydrogen-bond acceptors (Lipinski definition) is 4. The van der Waals surface area contributed by atoms with Gasteiger partial charge in [-0.2, -0.15) is 0 Å². The van der Waals surface area contributed by atoms with Crippen molar-refractivity contribution in [3.63, 3.8) is 0 Å². The minimum Gasteiger partial charge on any atom is -0.487 e. The molecule has 4 heteroatoms. The van der Waals surface area contributed by atoms with Crippen molar-refractivity contribution in [1.29, 1.82) is 0 Å². The second kappa shape index (κ2) is 3.83. The smallest absolute Gasteiger partial charge is 0.344 e. The summed E-state index contributed by atoms with van der Waals surface area (Å²) in [5, 5.41) is 0. The molecule has 0 amide bonds. The van der Waals surface area contributed by atoms with Gasteiger partial charge < -0.3 is 9.47 Å². The Morgan fingerprint density at radius 2 is 1.78 bits per heavy atom. The van der Waals surface area contributed by atoms with Crippen molar-refractivity contribution in [1.82, 2.24) is 0 Å². The first-order valence-corrected chi connectivity index (χ1v) is 5.79. The van der Waals surface area contributed by atoms with Gasteiger partial charge in [0.05, 0.1) is 11.1 Å². The highest BCUT2D eigenvalue weighted by Crippen LogP contribution is 2.43. The fraction of sp³-hybridized carbons (Fsp3) is 0.429. The average molecular weight is 248 g/mol. The van der Waals surface area contributed by atoms with Crippen LogP contribution in [0.4, 0.5) is 0 Å². The van der Waals surface area contributed by atoms with Gasteiger partial charge in [0, 0.05) is 11.1 Å². The lowest BCUT2D eigenvalue weighted by molar-refractivity contribution is 0.0753. The highest BCUT2D eigenvalue weighted by Gasteiger charge is 2.34. The van der Waals surface area contributed by atoms with E-state index in [1.807, 2.05) is 20.8 Å². The molecule has 1 aromatic carbocycles. The van der Waals surface area contributed by atoms with Crippen LogP contribution in [0.5, 0.6) is 11.5 Å². The van der Waals surface area contributed by atoms with Crippen molar-refractivity contribution in [2.75, 3.05) is 0 Å². The number of carbonyl (C=O) groups is 2. The minimum atomic E-state index is -0.476. The third kappa shape index (κ3) is 1.78. The molecule has 1 aliphatic heterocycles. The third-order valence-corrected chi connectivity index (χ3v) is 2.84. The Hall–Kier alpha value is -1.84. The van der Waals surface area contributed by atoms with Crippen molar-refractivity contribution < 1.29 is 19.1 Å². The van der Waals surface area contributed by atoms with Gasteiger partial charge in [-0.15, -0.1) is 0 Å². The Morgan fingerprint density at radius 1 is 1.17 bits per heavy atom. The van der Waals surface area contributed by atoms with Gasteiger partial charge in [0.2, 0.25) is 0 Å². The summed E-state index contributed by atoms with van der Waals surface area (Å²) >= 11 is 0. The molecular weight excluding hydrogens is 232 g/mol. The summed E-state index contributed by atoms with van der Waals surface area (Å²) in [6.45, 7) is 9.35. The zero-order valence-electron chi connectivity index (χ0n) is 11.2. The van der Waals surface area contributed by atoms with Crippen LogP contribution in [-0.4, -0.2) is 17.9 Å². The first-order chi connectivity index (χ1) is 8.26. The Kier molecular flexibility index (Phi) is 2.69. The van der Waals surface area contributed by atoms with Gasteiger partial charge >= 0.3 is 5.97 Å². The lowest BCUT2D eigenvalue weighted by atomic mass is 9.98. The van der Waals surface area contributed by atoms with Crippen LogP contribution in [0.3, 0.4) is 0 Å². The molecule has 0 unspecified atom stereocenters. The second-order valence-electron chi connectivity index (χ2n) is 5.42. The van der Waals surface area contributed by atoms with Crippen molar-refractivity contribution in [3.8, 4) is 11.5 Å². The summed E-state index contributed by atoms with van der Waals surface area (Å²) in [5.74, 6) is 0.482. The molecule has 1 aromatic rings. The SMILES string of the molecule is Cc1c(OC(C)(C)C)c(C)c2c(C=O)c1OC2=O. The zero-order valence-corrected chi connectivity index (χ0v) is 11.2. The predicted octanol–water partition coefficient (Wildman–Crippen LogP) is 2.83. The molecule has 0 fully saturated rings. The molecule has 0 spiro atoms. The Bertz CT molecular complexity index is 550. The fourth-order valence-electron chi connectivity index (χ4n) is 2.13. The number of aldehydes is 1. The van der Waals surface area contributed by atoms with Gasteiger partial charge in [-0.1, -0.05) is 0 Å². The Labute approximate surface area is 106 Å². The lowest BCUT2D eigenvalue weighted by Gasteiger charge is -2.24. The number of benzene rings is 1. The van der Waals surface area contributed by atoms with Gasteiger partial charge in [-0.3, -0.25) is 4.79 Å². The second-order valence-corrected chi connectivity index (χ2v) is 5.42. The summed E-state index contributed by atoms with van der Waals surface area (Å²) in [4.78, 5) is 22.8. The summed E-state index contributed by atoms with van der Waals surface area (Å²) < 4.78 is 11.0. The van der Waals surface area contributed by atoms with Crippen LogP contribution in [0.25, 0.3) is 0 Å². The Morgan fingerprint density at radius 3 is 2.28 bits per heavy atom. The van der Waals surface area contributed by atoms with Crippen LogP contribution in [0.2, 0.25) is 0 Å². The molecule has 2 bridgehead atoms. The largest absolute Gasteiger partial charge is 0.487 e. The van der Waals surface area contributed by atoms with E-state index in [1.54, 1.807) is 13.8 Å². The quantitative estimate of drug-likeness (QED) is 0.596. The molecule has 4 nitrogen and oxygen atoms in total. The first-order valence-electron chi connectivity index (χ1n) is 5.79. The van der Waals surface area contributed by atoms with E-state index in [9.17, 15) is 9.59 Å². The number of esters is 1. The maximum absolute atomic E-state index is 11.7. The minimum absolute atomic E-state index is 0.324. The standard InChI is InChI=1S/C14H16O4/c1-7-10-9(6-15)12(17-13(10)16)8(2)11(7)18-14(3,4)5/h6H,1-5H3. The van der Waals surface area contributed by atoms with Crippen molar-refractivity contribution in [2.45, 2.75) is 40.2 Å². The highest BCUT2D eigenvalue weighted by atomic mass is 16.5. The lowest BCUT2D eigenvalue weighted by Crippen LogP contribution is -2.24. The van der Waals surface area contributed by atoms with E-state index in [2.05, 4.69) is 0 Å². The van der Waals surface area contributed by atoms with Gasteiger partial charge in [0.15, 0.2) is 6.29 Å².